The number of hydrogen-bond donors (Lipinski definition) is 1. The zero-order chi connectivity index (χ0) is 9.26. The van der Waals surface area contributed by atoms with Gasteiger partial charge in [-0.15, -0.1) is 0 Å². The number of pyridine rings is 1. The fourth-order valence-corrected chi connectivity index (χ4v) is 1.27. The Kier molecular flexibility index (Phi) is 1.74. The van der Waals surface area contributed by atoms with Crippen LogP contribution in [0.4, 0.5) is 0 Å². The van der Waals surface area contributed by atoms with Gasteiger partial charge in [0.1, 0.15) is 0 Å². The second-order valence-corrected chi connectivity index (χ2v) is 2.88. The molecule has 0 aliphatic rings. The second-order valence-electron chi connectivity index (χ2n) is 2.88. The molecule has 0 fully saturated rings. The summed E-state index contributed by atoms with van der Waals surface area (Å²) in [5.74, 6) is 0. The average Bonchev–Trinajstić information content (AvgIpc) is 2.17. The van der Waals surface area contributed by atoms with E-state index < -0.39 is 0 Å². The number of aliphatic hydroxyl groups is 1. The van der Waals surface area contributed by atoms with Gasteiger partial charge in [-0.3, -0.25) is 0 Å². The topological polar surface area (TPSA) is 33.1 Å². The highest BCUT2D eigenvalue weighted by atomic mass is 16.2. The molecule has 0 saturated heterocycles. The van der Waals surface area contributed by atoms with Gasteiger partial charge >= 0.3 is 0 Å². The van der Waals surface area contributed by atoms with Crippen LogP contribution >= 0.6 is 0 Å². The minimum absolute atomic E-state index is 0.758. The third kappa shape index (κ3) is 1.38. The largest absolute Gasteiger partial charge is 0.515 e. The summed E-state index contributed by atoms with van der Waals surface area (Å²) in [5.41, 5.74) is 0.901. The lowest BCUT2D eigenvalue weighted by Crippen LogP contribution is -2.04. The SMILES string of the molecule is C=c1ccc2cc(=CO)ccc2n1. The molecule has 2 heteroatoms. The molecule has 2 rings (SSSR count). The van der Waals surface area contributed by atoms with Crippen molar-refractivity contribution in [3.05, 3.63) is 40.9 Å². The molecule has 0 spiro atoms. The monoisotopic (exact) mass is 171 g/mol. The van der Waals surface area contributed by atoms with Crippen LogP contribution in [0, 0.1) is 0 Å². The van der Waals surface area contributed by atoms with E-state index in [9.17, 15) is 0 Å². The van der Waals surface area contributed by atoms with E-state index in [1.165, 1.54) is 0 Å². The number of nitrogens with zero attached hydrogens (tertiary/aromatic N) is 1. The Hall–Kier alpha value is -1.83. The lowest BCUT2D eigenvalue weighted by atomic mass is 10.2. The molecule has 1 aromatic carbocycles. The van der Waals surface area contributed by atoms with E-state index in [1.807, 2.05) is 30.3 Å². The molecular formula is C11H9NO. The Morgan fingerprint density at radius 3 is 2.85 bits per heavy atom. The molecule has 0 radical (unpaired) electrons. The van der Waals surface area contributed by atoms with Gasteiger partial charge < -0.3 is 5.11 Å². The molecule has 1 aromatic heterocycles. The molecular weight excluding hydrogens is 162 g/mol. The highest BCUT2D eigenvalue weighted by Gasteiger charge is 1.91. The summed E-state index contributed by atoms with van der Waals surface area (Å²) >= 11 is 0. The first-order chi connectivity index (χ1) is 6.29. The first kappa shape index (κ1) is 7.80. The molecule has 2 nitrogen and oxygen atoms in total. The summed E-state index contributed by atoms with van der Waals surface area (Å²) in [7, 11) is 0. The Balaban J connectivity index is 2.88. The Labute approximate surface area is 75.5 Å². The van der Waals surface area contributed by atoms with Crippen molar-refractivity contribution in [2.24, 2.45) is 0 Å². The number of aromatic nitrogens is 1. The quantitative estimate of drug-likeness (QED) is 0.640. The Morgan fingerprint density at radius 2 is 2.08 bits per heavy atom. The van der Waals surface area contributed by atoms with Crippen molar-refractivity contribution in [1.29, 1.82) is 0 Å². The van der Waals surface area contributed by atoms with Crippen LogP contribution in [-0.2, 0) is 0 Å². The van der Waals surface area contributed by atoms with E-state index in [2.05, 4.69) is 11.6 Å². The Bertz CT molecular complexity index is 546. The second kappa shape index (κ2) is 2.90. The standard InChI is InChI=1S/C11H9NO/c1-8-2-4-10-6-9(7-13)3-5-11(10)12-8/h2-7,13H,1H2. The van der Waals surface area contributed by atoms with E-state index in [-0.39, 0.29) is 0 Å². The average molecular weight is 171 g/mol. The van der Waals surface area contributed by atoms with Crippen molar-refractivity contribution < 1.29 is 5.11 Å². The number of aliphatic hydroxyl groups excluding tert-OH is 1. The van der Waals surface area contributed by atoms with Gasteiger partial charge in [0.25, 0.3) is 0 Å². The predicted octanol–water partition coefficient (Wildman–Crippen LogP) is 0.941. The number of benzene rings is 1. The van der Waals surface area contributed by atoms with Crippen molar-refractivity contribution in [2.75, 3.05) is 0 Å². The highest BCUT2D eigenvalue weighted by Crippen LogP contribution is 2.03. The van der Waals surface area contributed by atoms with Crippen LogP contribution in [0.15, 0.2) is 30.3 Å². The van der Waals surface area contributed by atoms with Gasteiger partial charge in [0.15, 0.2) is 0 Å². The number of fused-ring (bicyclic) bond motifs is 1. The number of rotatable bonds is 0. The zero-order valence-electron chi connectivity index (χ0n) is 7.07. The van der Waals surface area contributed by atoms with Gasteiger partial charge in [0, 0.05) is 10.6 Å². The first-order valence-electron chi connectivity index (χ1n) is 4.00. The summed E-state index contributed by atoms with van der Waals surface area (Å²) in [6, 6.07) is 9.35. The van der Waals surface area contributed by atoms with Crippen molar-refractivity contribution >= 4 is 23.7 Å². The minimum atomic E-state index is 0.758. The summed E-state index contributed by atoms with van der Waals surface area (Å²) in [6.45, 7) is 3.74. The zero-order valence-corrected chi connectivity index (χ0v) is 7.07. The van der Waals surface area contributed by atoms with E-state index in [0.29, 0.717) is 0 Å². The molecule has 0 aliphatic carbocycles. The van der Waals surface area contributed by atoms with Gasteiger partial charge in [-0.05, 0) is 24.3 Å². The van der Waals surface area contributed by atoms with E-state index in [0.717, 1.165) is 27.7 Å². The maximum atomic E-state index is 8.79. The van der Waals surface area contributed by atoms with Gasteiger partial charge in [0.05, 0.1) is 17.1 Å². The molecule has 0 saturated carbocycles. The smallest absolute Gasteiger partial charge is 0.0864 e. The lowest BCUT2D eigenvalue weighted by molar-refractivity contribution is 0.540. The van der Waals surface area contributed by atoms with Crippen LogP contribution < -0.4 is 10.6 Å². The van der Waals surface area contributed by atoms with Crippen LogP contribution in [0.5, 0.6) is 0 Å². The first-order valence-corrected chi connectivity index (χ1v) is 4.00. The van der Waals surface area contributed by atoms with Crippen LogP contribution in [0.3, 0.4) is 0 Å². The third-order valence-electron chi connectivity index (χ3n) is 1.92. The van der Waals surface area contributed by atoms with Gasteiger partial charge in [-0.25, -0.2) is 4.98 Å². The fraction of sp³-hybridized carbons (Fsp3) is 0. The van der Waals surface area contributed by atoms with Crippen molar-refractivity contribution in [3.63, 3.8) is 0 Å². The van der Waals surface area contributed by atoms with Gasteiger partial charge in [-0.1, -0.05) is 12.6 Å². The molecule has 0 atom stereocenters. The Morgan fingerprint density at radius 1 is 1.23 bits per heavy atom. The molecule has 0 bridgehead atoms. The third-order valence-corrected chi connectivity index (χ3v) is 1.92. The van der Waals surface area contributed by atoms with E-state index in [4.69, 9.17) is 5.11 Å². The van der Waals surface area contributed by atoms with Crippen LogP contribution in [0.25, 0.3) is 23.7 Å². The summed E-state index contributed by atoms with van der Waals surface area (Å²) < 4.78 is 0. The predicted molar refractivity (Wildman–Crippen MR) is 53.6 cm³/mol. The highest BCUT2D eigenvalue weighted by molar-refractivity contribution is 5.78. The molecule has 0 amide bonds. The van der Waals surface area contributed by atoms with Crippen LogP contribution in [-0.4, -0.2) is 10.1 Å². The molecule has 64 valence electrons. The minimum Gasteiger partial charge on any atom is -0.515 e. The maximum absolute atomic E-state index is 8.79. The normalized spacial score (nSPS) is 12.2. The molecule has 1 heterocycles. The lowest BCUT2D eigenvalue weighted by Gasteiger charge is -1.94. The summed E-state index contributed by atoms with van der Waals surface area (Å²) in [5, 5.41) is 11.3. The van der Waals surface area contributed by atoms with Crippen molar-refractivity contribution in [3.8, 4) is 0 Å². The fourth-order valence-electron chi connectivity index (χ4n) is 1.27. The molecule has 0 aliphatic heterocycles. The van der Waals surface area contributed by atoms with Crippen molar-refractivity contribution in [1.82, 2.24) is 4.98 Å². The summed E-state index contributed by atoms with van der Waals surface area (Å²) in [6.07, 6.45) is 1.08. The van der Waals surface area contributed by atoms with Gasteiger partial charge in [-0.2, -0.15) is 0 Å². The van der Waals surface area contributed by atoms with Crippen molar-refractivity contribution in [2.45, 2.75) is 0 Å². The van der Waals surface area contributed by atoms with Gasteiger partial charge in [0.2, 0.25) is 0 Å². The maximum Gasteiger partial charge on any atom is 0.0864 e. The molecule has 13 heavy (non-hydrogen) atoms. The molecule has 1 N–H and O–H groups in total. The molecule has 2 aromatic rings. The molecule has 0 unspecified atom stereocenters. The van der Waals surface area contributed by atoms with Crippen LogP contribution in [0.2, 0.25) is 0 Å². The van der Waals surface area contributed by atoms with E-state index in [1.54, 1.807) is 0 Å². The number of hydrogen-bond acceptors (Lipinski definition) is 2. The van der Waals surface area contributed by atoms with Crippen LogP contribution in [0.1, 0.15) is 0 Å². The summed E-state index contributed by atoms with van der Waals surface area (Å²) in [4.78, 5) is 4.24. The van der Waals surface area contributed by atoms with E-state index >= 15 is 0 Å².